The molecule has 0 bridgehead atoms. The van der Waals surface area contributed by atoms with Gasteiger partial charge in [0.25, 0.3) is 0 Å². The maximum atomic E-state index is 10.7. The van der Waals surface area contributed by atoms with Crippen LogP contribution in [0.5, 0.6) is 0 Å². The Bertz CT molecular complexity index is 267. The minimum atomic E-state index is -1.35. The van der Waals surface area contributed by atoms with Crippen molar-refractivity contribution in [3.8, 4) is 0 Å². The molecule has 106 valence electrons. The fourth-order valence-electron chi connectivity index (χ4n) is 1.70. The predicted molar refractivity (Wildman–Crippen MR) is 56.7 cm³/mol. The number of rotatable bonds is 5. The fourth-order valence-corrected chi connectivity index (χ4v) is 1.70. The molecule has 0 radical (unpaired) electrons. The molecule has 8 heteroatoms. The first-order valence-corrected chi connectivity index (χ1v) is 5.45. The first kappa shape index (κ1) is 15.3. The summed E-state index contributed by atoms with van der Waals surface area (Å²) in [6, 6.07) is 0. The normalized spacial score (nSPS) is 38.4. The van der Waals surface area contributed by atoms with Crippen molar-refractivity contribution in [1.29, 1.82) is 0 Å². The minimum absolute atomic E-state index is 0.505. The summed E-state index contributed by atoms with van der Waals surface area (Å²) in [5, 5.41) is 37.4. The van der Waals surface area contributed by atoms with E-state index in [1.165, 1.54) is 14.0 Å². The molecule has 18 heavy (non-hydrogen) atoms. The summed E-state index contributed by atoms with van der Waals surface area (Å²) in [5.41, 5.74) is 0. The van der Waals surface area contributed by atoms with Crippen LogP contribution >= 0.6 is 0 Å². The van der Waals surface area contributed by atoms with Crippen LogP contribution in [0.4, 0.5) is 0 Å². The number of aliphatic carboxylic acids is 1. The second kappa shape index (κ2) is 6.41. The van der Waals surface area contributed by atoms with Crippen LogP contribution in [0.15, 0.2) is 0 Å². The highest BCUT2D eigenvalue weighted by Crippen LogP contribution is 2.24. The number of methoxy groups -OCH3 is 1. The summed E-state index contributed by atoms with van der Waals surface area (Å²) in [5.74, 6) is -1.23. The van der Waals surface area contributed by atoms with Gasteiger partial charge < -0.3 is 34.6 Å². The van der Waals surface area contributed by atoms with Crippen molar-refractivity contribution in [1.82, 2.24) is 0 Å². The summed E-state index contributed by atoms with van der Waals surface area (Å²) < 4.78 is 15.0. The number of ether oxygens (including phenoxy) is 3. The first-order chi connectivity index (χ1) is 8.42. The Kier molecular flexibility index (Phi) is 5.45. The van der Waals surface area contributed by atoms with Crippen molar-refractivity contribution in [2.24, 2.45) is 0 Å². The number of carbonyl (C=O) groups is 1. The predicted octanol–water partition coefficient (Wildman–Crippen LogP) is -2.07. The minimum Gasteiger partial charge on any atom is -0.479 e. The molecule has 6 atom stereocenters. The average Bonchev–Trinajstić information content (AvgIpc) is 2.34. The molecule has 1 saturated heterocycles. The zero-order valence-corrected chi connectivity index (χ0v) is 10.1. The summed E-state index contributed by atoms with van der Waals surface area (Å²) in [4.78, 5) is 10.7. The van der Waals surface area contributed by atoms with Crippen LogP contribution in [0, 0.1) is 0 Å². The number of carboxylic acids is 1. The molecule has 0 unspecified atom stereocenters. The molecule has 0 aromatic carbocycles. The molecule has 1 heterocycles. The Balaban J connectivity index is 2.79. The highest BCUT2D eigenvalue weighted by atomic mass is 16.7. The zero-order valence-electron chi connectivity index (χ0n) is 10.1. The Morgan fingerprint density at radius 2 is 2.00 bits per heavy atom. The van der Waals surface area contributed by atoms with E-state index in [0.29, 0.717) is 0 Å². The Morgan fingerprint density at radius 3 is 2.44 bits per heavy atom. The van der Waals surface area contributed by atoms with Gasteiger partial charge >= 0.3 is 5.97 Å². The van der Waals surface area contributed by atoms with Gasteiger partial charge in [-0.15, -0.1) is 0 Å². The molecule has 0 saturated carbocycles. The molecule has 1 rings (SSSR count). The number of carboxylic acid groups (broad SMARTS) is 1. The van der Waals surface area contributed by atoms with Gasteiger partial charge in [-0.05, 0) is 6.92 Å². The third-order valence-electron chi connectivity index (χ3n) is 2.76. The Labute approximate surface area is 104 Å². The molecule has 0 aliphatic carbocycles. The van der Waals surface area contributed by atoms with Gasteiger partial charge in [0.1, 0.15) is 24.4 Å². The first-order valence-electron chi connectivity index (χ1n) is 5.45. The van der Waals surface area contributed by atoms with Crippen molar-refractivity contribution in [3.05, 3.63) is 0 Å². The van der Waals surface area contributed by atoms with Crippen molar-refractivity contribution < 1.29 is 39.4 Å². The smallest absolute Gasteiger partial charge is 0.332 e. The highest BCUT2D eigenvalue weighted by molar-refractivity contribution is 5.71. The molecular weight excluding hydrogens is 248 g/mol. The third-order valence-corrected chi connectivity index (χ3v) is 2.76. The molecule has 0 spiro atoms. The van der Waals surface area contributed by atoms with E-state index >= 15 is 0 Å². The maximum Gasteiger partial charge on any atom is 0.332 e. The van der Waals surface area contributed by atoms with E-state index in [0.717, 1.165) is 0 Å². The average molecular weight is 266 g/mol. The topological polar surface area (TPSA) is 126 Å². The summed E-state index contributed by atoms with van der Waals surface area (Å²) >= 11 is 0. The molecule has 4 N–H and O–H groups in total. The fraction of sp³-hybridized carbons (Fsp3) is 0.900. The monoisotopic (exact) mass is 266 g/mol. The van der Waals surface area contributed by atoms with Gasteiger partial charge in [0.05, 0.1) is 6.61 Å². The van der Waals surface area contributed by atoms with Crippen molar-refractivity contribution >= 4 is 5.97 Å². The van der Waals surface area contributed by atoms with Gasteiger partial charge in [0, 0.05) is 7.11 Å². The van der Waals surface area contributed by atoms with Crippen molar-refractivity contribution in [2.45, 2.75) is 43.7 Å². The van der Waals surface area contributed by atoms with Crippen LogP contribution < -0.4 is 0 Å². The van der Waals surface area contributed by atoms with Gasteiger partial charge in [0.15, 0.2) is 12.4 Å². The SMILES string of the molecule is CO[C@H]1O[C@H](CO)[C@H](O)[C@H](O[C@H](C)C(=O)O)[C@H]1O. The third kappa shape index (κ3) is 3.16. The lowest BCUT2D eigenvalue weighted by Crippen LogP contribution is -2.60. The second-order valence-corrected chi connectivity index (χ2v) is 4.02. The van der Waals surface area contributed by atoms with Crippen LogP contribution in [-0.2, 0) is 19.0 Å². The molecule has 1 aliphatic heterocycles. The van der Waals surface area contributed by atoms with Crippen LogP contribution in [0.3, 0.4) is 0 Å². The quantitative estimate of drug-likeness (QED) is 0.447. The Morgan fingerprint density at radius 1 is 1.39 bits per heavy atom. The van der Waals surface area contributed by atoms with Gasteiger partial charge in [-0.3, -0.25) is 0 Å². The second-order valence-electron chi connectivity index (χ2n) is 4.02. The van der Waals surface area contributed by atoms with Crippen LogP contribution in [0.1, 0.15) is 6.92 Å². The standard InChI is InChI=1S/C10H18O8/c1-4(9(14)15)17-8-6(12)5(3-11)18-10(16-2)7(8)13/h4-8,10-13H,3H2,1-2H3,(H,14,15)/t4-,5-,6+,7-,8+,10+/m1/s1. The van der Waals surface area contributed by atoms with E-state index in [1.807, 2.05) is 0 Å². The molecule has 1 aliphatic rings. The van der Waals surface area contributed by atoms with Crippen LogP contribution in [0.25, 0.3) is 0 Å². The van der Waals surface area contributed by atoms with Crippen molar-refractivity contribution in [3.63, 3.8) is 0 Å². The molecule has 0 aromatic rings. The van der Waals surface area contributed by atoms with Gasteiger partial charge in [-0.2, -0.15) is 0 Å². The number of hydrogen-bond donors (Lipinski definition) is 4. The zero-order chi connectivity index (χ0) is 13.9. The molecule has 0 aromatic heterocycles. The van der Waals surface area contributed by atoms with E-state index in [1.54, 1.807) is 0 Å². The van der Waals surface area contributed by atoms with Gasteiger partial charge in [0.2, 0.25) is 0 Å². The number of aliphatic hydroxyl groups excluding tert-OH is 3. The molecule has 1 fully saturated rings. The van der Waals surface area contributed by atoms with Crippen LogP contribution in [-0.4, -0.2) is 76.9 Å². The molecule has 8 nitrogen and oxygen atoms in total. The maximum absolute atomic E-state index is 10.7. The van der Waals surface area contributed by atoms with E-state index in [4.69, 9.17) is 24.4 Å². The number of aliphatic hydroxyl groups is 3. The summed E-state index contributed by atoms with van der Waals surface area (Å²) in [6.07, 6.45) is -7.24. The van der Waals surface area contributed by atoms with E-state index < -0.39 is 49.4 Å². The van der Waals surface area contributed by atoms with Gasteiger partial charge in [-0.25, -0.2) is 4.79 Å². The largest absolute Gasteiger partial charge is 0.479 e. The lowest BCUT2D eigenvalue weighted by molar-refractivity contribution is -0.305. The van der Waals surface area contributed by atoms with E-state index in [9.17, 15) is 15.0 Å². The summed E-state index contributed by atoms with van der Waals surface area (Å²) in [7, 11) is 1.28. The van der Waals surface area contributed by atoms with E-state index in [-0.39, 0.29) is 0 Å². The van der Waals surface area contributed by atoms with E-state index in [2.05, 4.69) is 0 Å². The lowest BCUT2D eigenvalue weighted by atomic mass is 9.99. The van der Waals surface area contributed by atoms with Crippen molar-refractivity contribution in [2.75, 3.05) is 13.7 Å². The van der Waals surface area contributed by atoms with Gasteiger partial charge in [-0.1, -0.05) is 0 Å². The highest BCUT2D eigenvalue weighted by Gasteiger charge is 2.46. The molecule has 0 amide bonds. The Hall–Kier alpha value is -0.770. The van der Waals surface area contributed by atoms with Crippen LogP contribution in [0.2, 0.25) is 0 Å². The summed E-state index contributed by atoms with van der Waals surface area (Å²) in [6.45, 7) is 0.766. The lowest BCUT2D eigenvalue weighted by Gasteiger charge is -2.41. The number of hydrogen-bond acceptors (Lipinski definition) is 7. The molecular formula is C10H18O8.